The van der Waals surface area contributed by atoms with Gasteiger partial charge in [0.1, 0.15) is 0 Å². The predicted molar refractivity (Wildman–Crippen MR) is 75.8 cm³/mol. The summed E-state index contributed by atoms with van der Waals surface area (Å²) in [5.41, 5.74) is 1.85. The van der Waals surface area contributed by atoms with Gasteiger partial charge in [-0.15, -0.1) is 0 Å². The number of para-hydroxylation sites is 1. The molecule has 0 atom stereocenters. The van der Waals surface area contributed by atoms with Gasteiger partial charge in [-0.25, -0.2) is 9.67 Å². The zero-order chi connectivity index (χ0) is 13.4. The number of fused-ring (bicyclic) bond motifs is 1. The molecule has 0 bridgehead atoms. The highest BCUT2D eigenvalue weighted by Gasteiger charge is 2.10. The van der Waals surface area contributed by atoms with Crippen LogP contribution in [0, 0.1) is 0 Å². The van der Waals surface area contributed by atoms with Crippen molar-refractivity contribution in [3.05, 3.63) is 47.5 Å². The van der Waals surface area contributed by atoms with Crippen molar-refractivity contribution in [2.45, 2.75) is 19.8 Å². The molecule has 0 aliphatic heterocycles. The van der Waals surface area contributed by atoms with E-state index in [2.05, 4.69) is 28.9 Å². The first-order valence-electron chi connectivity index (χ1n) is 6.13. The first kappa shape index (κ1) is 12.1. The lowest BCUT2D eigenvalue weighted by atomic mass is 10.1. The van der Waals surface area contributed by atoms with Crippen LogP contribution in [0.15, 0.2) is 36.5 Å². The molecule has 3 rings (SSSR count). The molecule has 0 aliphatic rings. The minimum absolute atomic E-state index is 0.232. The van der Waals surface area contributed by atoms with Crippen LogP contribution in [-0.2, 0) is 0 Å². The van der Waals surface area contributed by atoms with Crippen molar-refractivity contribution >= 4 is 22.5 Å². The second-order valence-corrected chi connectivity index (χ2v) is 5.01. The first-order chi connectivity index (χ1) is 9.15. The average Bonchev–Trinajstić information content (AvgIpc) is 2.87. The lowest BCUT2D eigenvalue weighted by molar-refractivity contribution is 0.760. The third-order valence-corrected chi connectivity index (χ3v) is 3.14. The molecule has 5 heteroatoms. The highest BCUT2D eigenvalue weighted by Crippen LogP contribution is 2.21. The van der Waals surface area contributed by atoms with Gasteiger partial charge in [-0.05, 0) is 35.7 Å². The number of halogens is 1. The number of nitrogens with zero attached hydrogens (tertiary/aromatic N) is 4. The summed E-state index contributed by atoms with van der Waals surface area (Å²) in [5.74, 6) is 1.09. The van der Waals surface area contributed by atoms with Crippen molar-refractivity contribution in [1.82, 2.24) is 19.7 Å². The van der Waals surface area contributed by atoms with E-state index in [-0.39, 0.29) is 5.28 Å². The predicted octanol–water partition coefficient (Wildman–Crippen LogP) is 3.59. The third-order valence-electron chi connectivity index (χ3n) is 2.97. The maximum atomic E-state index is 5.98. The fourth-order valence-electron chi connectivity index (χ4n) is 1.97. The maximum Gasteiger partial charge on any atom is 0.224 e. The molecule has 4 nitrogen and oxygen atoms in total. The van der Waals surface area contributed by atoms with Crippen LogP contribution in [-0.4, -0.2) is 19.7 Å². The Hall–Kier alpha value is -1.94. The van der Waals surface area contributed by atoms with Gasteiger partial charge in [0.15, 0.2) is 5.82 Å². The largest absolute Gasteiger partial charge is 0.224 e. The van der Waals surface area contributed by atoms with E-state index >= 15 is 0 Å². The molecule has 0 N–H and O–H groups in total. The second kappa shape index (κ2) is 4.63. The second-order valence-electron chi connectivity index (χ2n) is 4.67. The highest BCUT2D eigenvalue weighted by atomic mass is 35.5. The minimum atomic E-state index is 0.232. The van der Waals surface area contributed by atoms with Gasteiger partial charge in [0, 0.05) is 11.6 Å². The Bertz CT molecular complexity index is 733. The van der Waals surface area contributed by atoms with Gasteiger partial charge in [0.2, 0.25) is 5.28 Å². The summed E-state index contributed by atoms with van der Waals surface area (Å²) in [6, 6.07) is 9.76. The molecule has 0 saturated carbocycles. The maximum absolute atomic E-state index is 5.98. The Kier molecular flexibility index (Phi) is 2.95. The Morgan fingerprint density at radius 3 is 2.63 bits per heavy atom. The van der Waals surface area contributed by atoms with Crippen LogP contribution < -0.4 is 0 Å². The number of hydrogen-bond donors (Lipinski definition) is 0. The van der Waals surface area contributed by atoms with Gasteiger partial charge in [-0.2, -0.15) is 10.1 Å². The van der Waals surface area contributed by atoms with E-state index in [0.29, 0.717) is 11.7 Å². The Morgan fingerprint density at radius 2 is 1.89 bits per heavy atom. The van der Waals surface area contributed by atoms with Crippen LogP contribution in [0.5, 0.6) is 0 Å². The van der Waals surface area contributed by atoms with E-state index in [0.717, 1.165) is 16.6 Å². The van der Waals surface area contributed by atoms with Gasteiger partial charge in [-0.3, -0.25) is 0 Å². The smallest absolute Gasteiger partial charge is 0.222 e. The van der Waals surface area contributed by atoms with Crippen molar-refractivity contribution in [3.63, 3.8) is 0 Å². The molecule has 0 fully saturated rings. The van der Waals surface area contributed by atoms with E-state index in [1.807, 2.05) is 36.5 Å². The van der Waals surface area contributed by atoms with Crippen LogP contribution in [0.1, 0.15) is 25.5 Å². The molecule has 0 radical (unpaired) electrons. The summed E-state index contributed by atoms with van der Waals surface area (Å²) < 4.78 is 1.76. The molecule has 2 heterocycles. The fraction of sp³-hybridized carbons (Fsp3) is 0.214. The van der Waals surface area contributed by atoms with Crippen LogP contribution in [0.2, 0.25) is 5.28 Å². The van der Waals surface area contributed by atoms with Crippen molar-refractivity contribution in [1.29, 1.82) is 0 Å². The fourth-order valence-corrected chi connectivity index (χ4v) is 2.14. The quantitative estimate of drug-likeness (QED) is 0.670. The van der Waals surface area contributed by atoms with Gasteiger partial charge in [-0.1, -0.05) is 26.0 Å². The van der Waals surface area contributed by atoms with Crippen LogP contribution >= 0.6 is 11.6 Å². The van der Waals surface area contributed by atoms with E-state index in [9.17, 15) is 0 Å². The molecule has 1 aromatic carbocycles. The lowest BCUT2D eigenvalue weighted by Crippen LogP contribution is -2.02. The standard InChI is InChI=1S/C14H13ClN4/c1-9(2)11-7-8-19(18-11)13-10-5-3-4-6-12(10)16-14(15)17-13/h3-9H,1-2H3. The zero-order valence-corrected chi connectivity index (χ0v) is 11.5. The Labute approximate surface area is 116 Å². The highest BCUT2D eigenvalue weighted by molar-refractivity contribution is 6.28. The van der Waals surface area contributed by atoms with E-state index in [1.165, 1.54) is 0 Å². The SMILES string of the molecule is CC(C)c1ccn(-c2nc(Cl)nc3ccccc23)n1. The summed E-state index contributed by atoms with van der Waals surface area (Å²) in [4.78, 5) is 8.52. The molecular formula is C14H13ClN4. The third kappa shape index (κ3) is 2.19. The number of rotatable bonds is 2. The van der Waals surface area contributed by atoms with E-state index in [4.69, 9.17) is 11.6 Å². The summed E-state index contributed by atoms with van der Waals surface area (Å²) in [6.45, 7) is 4.22. The summed E-state index contributed by atoms with van der Waals surface area (Å²) in [5, 5.41) is 5.71. The lowest BCUT2D eigenvalue weighted by Gasteiger charge is -2.06. The summed E-state index contributed by atoms with van der Waals surface area (Å²) in [7, 11) is 0. The van der Waals surface area contributed by atoms with Crippen molar-refractivity contribution < 1.29 is 0 Å². The molecule has 0 amide bonds. The van der Waals surface area contributed by atoms with E-state index in [1.54, 1.807) is 4.68 Å². The topological polar surface area (TPSA) is 43.6 Å². The monoisotopic (exact) mass is 272 g/mol. The Morgan fingerprint density at radius 1 is 1.11 bits per heavy atom. The first-order valence-corrected chi connectivity index (χ1v) is 6.51. The molecule has 0 unspecified atom stereocenters. The summed E-state index contributed by atoms with van der Waals surface area (Å²) in [6.07, 6.45) is 1.90. The van der Waals surface area contributed by atoms with Gasteiger partial charge >= 0.3 is 0 Å². The zero-order valence-electron chi connectivity index (χ0n) is 10.7. The molecular weight excluding hydrogens is 260 g/mol. The molecule has 3 aromatic rings. The van der Waals surface area contributed by atoms with E-state index < -0.39 is 0 Å². The van der Waals surface area contributed by atoms with Crippen LogP contribution in [0.4, 0.5) is 0 Å². The normalized spacial score (nSPS) is 11.4. The number of hydrogen-bond acceptors (Lipinski definition) is 3. The molecule has 2 aromatic heterocycles. The van der Waals surface area contributed by atoms with Crippen molar-refractivity contribution in [3.8, 4) is 5.82 Å². The van der Waals surface area contributed by atoms with Crippen LogP contribution in [0.25, 0.3) is 16.7 Å². The molecule has 96 valence electrons. The number of benzene rings is 1. The number of aromatic nitrogens is 4. The summed E-state index contributed by atoms with van der Waals surface area (Å²) >= 11 is 5.98. The molecule has 0 saturated heterocycles. The molecule has 19 heavy (non-hydrogen) atoms. The van der Waals surface area contributed by atoms with Gasteiger partial charge in [0.25, 0.3) is 0 Å². The molecule has 0 aliphatic carbocycles. The molecule has 0 spiro atoms. The van der Waals surface area contributed by atoms with Gasteiger partial charge in [0.05, 0.1) is 11.2 Å². The Balaban J connectivity index is 2.23. The van der Waals surface area contributed by atoms with Crippen molar-refractivity contribution in [2.24, 2.45) is 0 Å². The average molecular weight is 273 g/mol. The minimum Gasteiger partial charge on any atom is -0.222 e. The van der Waals surface area contributed by atoms with Gasteiger partial charge < -0.3 is 0 Å². The van der Waals surface area contributed by atoms with Crippen LogP contribution in [0.3, 0.4) is 0 Å². The van der Waals surface area contributed by atoms with Crippen molar-refractivity contribution in [2.75, 3.05) is 0 Å².